The van der Waals surface area contributed by atoms with Gasteiger partial charge in [-0.05, 0) is 43.5 Å². The summed E-state index contributed by atoms with van der Waals surface area (Å²) in [6.45, 7) is 3.02. The first-order valence-electron chi connectivity index (χ1n) is 9.49. The lowest BCUT2D eigenvalue weighted by molar-refractivity contribution is 0.0730. The summed E-state index contributed by atoms with van der Waals surface area (Å²) in [7, 11) is 1.66. The van der Waals surface area contributed by atoms with Gasteiger partial charge in [0.05, 0.1) is 12.8 Å². The Bertz CT molecular complexity index is 967. The molecule has 146 valence electrons. The molecule has 1 saturated carbocycles. The van der Waals surface area contributed by atoms with E-state index in [1.165, 1.54) is 0 Å². The van der Waals surface area contributed by atoms with Gasteiger partial charge in [-0.15, -0.1) is 0 Å². The van der Waals surface area contributed by atoms with Crippen LogP contribution < -0.4 is 4.74 Å². The quantitative estimate of drug-likeness (QED) is 0.601. The Morgan fingerprint density at radius 2 is 2.21 bits per heavy atom. The Balaban J connectivity index is 1.54. The van der Waals surface area contributed by atoms with Crippen LogP contribution in [-0.4, -0.2) is 51.3 Å². The van der Waals surface area contributed by atoms with E-state index in [0.29, 0.717) is 24.4 Å². The molecule has 0 N–H and O–H groups in total. The summed E-state index contributed by atoms with van der Waals surface area (Å²) in [5.41, 5.74) is 2.16. The van der Waals surface area contributed by atoms with Gasteiger partial charge >= 0.3 is 0 Å². The highest BCUT2D eigenvalue weighted by Gasteiger charge is 2.34. The summed E-state index contributed by atoms with van der Waals surface area (Å²) in [6.07, 6.45) is 7.09. The normalized spacial score (nSPS) is 14.8. The van der Waals surface area contributed by atoms with E-state index in [4.69, 9.17) is 9.47 Å². The molecule has 1 fully saturated rings. The first-order chi connectivity index (χ1) is 13.7. The predicted octanol–water partition coefficient (Wildman–Crippen LogP) is 2.95. The Morgan fingerprint density at radius 1 is 1.36 bits per heavy atom. The molecule has 2 aromatic heterocycles. The number of carbonyl (C=O) groups excluding carboxylic acids is 1. The molecule has 7 heteroatoms. The number of methoxy groups -OCH3 is 1. The van der Waals surface area contributed by atoms with Gasteiger partial charge in [-0.1, -0.05) is 12.1 Å². The van der Waals surface area contributed by atoms with Crippen molar-refractivity contribution in [2.24, 2.45) is 0 Å². The molecule has 0 radical (unpaired) electrons. The highest BCUT2D eigenvalue weighted by Crippen LogP contribution is 2.31. The Labute approximate surface area is 163 Å². The van der Waals surface area contributed by atoms with Gasteiger partial charge in [0, 0.05) is 32.1 Å². The average molecular weight is 380 g/mol. The standard InChI is InChI=1S/C21H24N4O3/c1-15(14-27-2)28-18-6-3-5-16(11-18)13-24(17-7-8-17)21(26)19-12-23-25-10-4-9-22-20(19)25/h3-6,9-12,15,17H,7-8,13-14H2,1-2H3. The van der Waals surface area contributed by atoms with Gasteiger partial charge in [-0.25, -0.2) is 9.50 Å². The van der Waals surface area contributed by atoms with Crippen molar-refractivity contribution in [3.63, 3.8) is 0 Å². The number of ether oxygens (including phenoxy) is 2. The Hall–Kier alpha value is -2.93. The third-order valence-corrected chi connectivity index (χ3v) is 4.75. The molecule has 2 heterocycles. The second-order valence-corrected chi connectivity index (χ2v) is 7.14. The van der Waals surface area contributed by atoms with Crippen molar-refractivity contribution in [3.05, 3.63) is 60.0 Å². The number of benzene rings is 1. The lowest BCUT2D eigenvalue weighted by Crippen LogP contribution is -2.32. The van der Waals surface area contributed by atoms with E-state index >= 15 is 0 Å². The third-order valence-electron chi connectivity index (χ3n) is 4.75. The lowest BCUT2D eigenvalue weighted by atomic mass is 10.1. The Morgan fingerprint density at radius 3 is 3.00 bits per heavy atom. The van der Waals surface area contributed by atoms with Crippen LogP contribution >= 0.6 is 0 Å². The molecular weight excluding hydrogens is 356 g/mol. The summed E-state index contributed by atoms with van der Waals surface area (Å²) in [5.74, 6) is 0.748. The first kappa shape index (κ1) is 18.4. The van der Waals surface area contributed by atoms with E-state index in [1.807, 2.05) is 36.1 Å². The topological polar surface area (TPSA) is 69.0 Å². The van der Waals surface area contributed by atoms with Crippen LogP contribution in [0.2, 0.25) is 0 Å². The van der Waals surface area contributed by atoms with Crippen LogP contribution in [0.3, 0.4) is 0 Å². The van der Waals surface area contributed by atoms with Gasteiger partial charge in [0.15, 0.2) is 5.65 Å². The molecule has 1 atom stereocenters. The number of carbonyl (C=O) groups is 1. The van der Waals surface area contributed by atoms with Crippen molar-refractivity contribution in [2.45, 2.75) is 38.5 Å². The van der Waals surface area contributed by atoms with E-state index in [2.05, 4.69) is 10.1 Å². The first-order valence-corrected chi connectivity index (χ1v) is 9.49. The largest absolute Gasteiger partial charge is 0.488 e. The zero-order valence-electron chi connectivity index (χ0n) is 16.1. The molecule has 28 heavy (non-hydrogen) atoms. The molecule has 1 amide bonds. The summed E-state index contributed by atoms with van der Waals surface area (Å²) in [4.78, 5) is 19.5. The molecule has 4 rings (SSSR count). The van der Waals surface area contributed by atoms with Crippen LogP contribution in [0.15, 0.2) is 48.9 Å². The second-order valence-electron chi connectivity index (χ2n) is 7.14. The van der Waals surface area contributed by atoms with Crippen LogP contribution in [0.1, 0.15) is 35.7 Å². The van der Waals surface area contributed by atoms with E-state index in [-0.39, 0.29) is 18.1 Å². The van der Waals surface area contributed by atoms with Gasteiger partial charge in [0.25, 0.3) is 5.91 Å². The predicted molar refractivity (Wildman–Crippen MR) is 104 cm³/mol. The molecule has 1 aliphatic rings. The van der Waals surface area contributed by atoms with Crippen LogP contribution in [0.25, 0.3) is 5.65 Å². The zero-order valence-corrected chi connectivity index (χ0v) is 16.1. The van der Waals surface area contributed by atoms with Gasteiger partial charge in [-0.3, -0.25) is 4.79 Å². The van der Waals surface area contributed by atoms with Crippen LogP contribution in [0, 0.1) is 0 Å². The highest BCUT2D eigenvalue weighted by atomic mass is 16.5. The molecule has 3 aromatic rings. The molecule has 1 aliphatic carbocycles. The molecule has 1 aromatic carbocycles. The summed E-state index contributed by atoms with van der Waals surface area (Å²) < 4.78 is 12.6. The van der Waals surface area contributed by atoms with Crippen molar-refractivity contribution in [1.29, 1.82) is 0 Å². The molecule has 0 bridgehead atoms. The minimum absolute atomic E-state index is 0.0322. The van der Waals surface area contributed by atoms with E-state index in [0.717, 1.165) is 24.2 Å². The number of nitrogens with zero attached hydrogens (tertiary/aromatic N) is 4. The maximum atomic E-state index is 13.2. The van der Waals surface area contributed by atoms with Gasteiger partial charge in [0.2, 0.25) is 0 Å². The van der Waals surface area contributed by atoms with Gasteiger partial charge < -0.3 is 14.4 Å². The fourth-order valence-corrected chi connectivity index (χ4v) is 3.30. The number of rotatable bonds is 8. The number of aromatic nitrogens is 3. The van der Waals surface area contributed by atoms with E-state index in [9.17, 15) is 4.79 Å². The molecule has 1 unspecified atom stereocenters. The fraction of sp³-hybridized carbons (Fsp3) is 0.381. The van der Waals surface area contributed by atoms with Crippen molar-refractivity contribution in [1.82, 2.24) is 19.5 Å². The minimum atomic E-state index is -0.0359. The summed E-state index contributed by atoms with van der Waals surface area (Å²) >= 11 is 0. The van der Waals surface area contributed by atoms with Crippen molar-refractivity contribution >= 4 is 11.6 Å². The van der Waals surface area contributed by atoms with Crippen LogP contribution in [0.5, 0.6) is 5.75 Å². The number of hydrogen-bond donors (Lipinski definition) is 0. The monoisotopic (exact) mass is 380 g/mol. The lowest BCUT2D eigenvalue weighted by Gasteiger charge is -2.22. The molecule has 7 nitrogen and oxygen atoms in total. The minimum Gasteiger partial charge on any atom is -0.488 e. The molecule has 0 saturated heterocycles. The summed E-state index contributed by atoms with van der Waals surface area (Å²) in [5, 5.41) is 4.25. The van der Waals surface area contributed by atoms with Gasteiger partial charge in [-0.2, -0.15) is 5.10 Å². The molecule has 0 aliphatic heterocycles. The van der Waals surface area contributed by atoms with Crippen molar-refractivity contribution < 1.29 is 14.3 Å². The zero-order chi connectivity index (χ0) is 19.5. The number of hydrogen-bond acceptors (Lipinski definition) is 5. The van der Waals surface area contributed by atoms with Crippen molar-refractivity contribution in [2.75, 3.05) is 13.7 Å². The third kappa shape index (κ3) is 3.99. The fourth-order valence-electron chi connectivity index (χ4n) is 3.30. The maximum absolute atomic E-state index is 13.2. The number of fused-ring (bicyclic) bond motifs is 1. The van der Waals surface area contributed by atoms with Crippen LogP contribution in [-0.2, 0) is 11.3 Å². The second kappa shape index (κ2) is 7.98. The highest BCUT2D eigenvalue weighted by molar-refractivity contribution is 5.99. The van der Waals surface area contributed by atoms with E-state index in [1.54, 1.807) is 36.3 Å². The molecule has 0 spiro atoms. The average Bonchev–Trinajstić information content (AvgIpc) is 3.44. The number of amides is 1. The SMILES string of the molecule is COCC(C)Oc1cccc(CN(C(=O)c2cnn3cccnc23)C2CC2)c1. The smallest absolute Gasteiger partial charge is 0.259 e. The van der Waals surface area contributed by atoms with Crippen LogP contribution in [0.4, 0.5) is 0 Å². The van der Waals surface area contributed by atoms with E-state index < -0.39 is 0 Å². The maximum Gasteiger partial charge on any atom is 0.259 e. The van der Waals surface area contributed by atoms with Crippen molar-refractivity contribution in [3.8, 4) is 5.75 Å². The molecular formula is C21H24N4O3. The van der Waals surface area contributed by atoms with Gasteiger partial charge in [0.1, 0.15) is 17.4 Å². The Kier molecular flexibility index (Phi) is 5.25. The summed E-state index contributed by atoms with van der Waals surface area (Å²) in [6, 6.07) is 9.95.